The normalized spacial score (nSPS) is 12.7. The summed E-state index contributed by atoms with van der Waals surface area (Å²) in [6.07, 6.45) is 1.35. The molecule has 3 nitrogen and oxygen atoms in total. The summed E-state index contributed by atoms with van der Waals surface area (Å²) in [6.45, 7) is 2.05. The van der Waals surface area contributed by atoms with Crippen molar-refractivity contribution >= 4 is 15.9 Å². The summed E-state index contributed by atoms with van der Waals surface area (Å²) in [6, 6.07) is 6.23. The molecule has 1 heterocycles. The van der Waals surface area contributed by atoms with Crippen LogP contribution in [-0.2, 0) is 26.3 Å². The Morgan fingerprint density at radius 3 is 2.50 bits per heavy atom. The fraction of sp³-hybridized carbons (Fsp3) is 0.400. The van der Waals surface area contributed by atoms with E-state index in [2.05, 4.69) is 21.0 Å². The molecular weight excluding hydrogens is 323 g/mol. The molecule has 1 aromatic heterocycles. The minimum Gasteiger partial charge on any atom is -0.392 e. The van der Waals surface area contributed by atoms with Crippen molar-refractivity contribution in [1.82, 2.24) is 9.78 Å². The summed E-state index contributed by atoms with van der Waals surface area (Å²) in [5.74, 6) is -0.259. The molecular formula is C15H18BrFN2O. The van der Waals surface area contributed by atoms with E-state index in [1.807, 2.05) is 14.0 Å². The maximum atomic E-state index is 12.8. The fourth-order valence-electron chi connectivity index (χ4n) is 2.23. The number of hydrogen-bond acceptors (Lipinski definition) is 2. The van der Waals surface area contributed by atoms with Gasteiger partial charge < -0.3 is 5.11 Å². The lowest BCUT2D eigenvalue weighted by atomic mass is 10.0. The fourth-order valence-corrected chi connectivity index (χ4v) is 3.01. The van der Waals surface area contributed by atoms with Crippen LogP contribution < -0.4 is 0 Å². The second-order valence-corrected chi connectivity index (χ2v) is 5.67. The SMILES string of the molecule is CCc1nn(C)c(CC(O)Cc2ccc(F)cc2)c1Br. The number of aryl methyl sites for hydroxylation is 2. The second-order valence-electron chi connectivity index (χ2n) is 4.87. The van der Waals surface area contributed by atoms with Crippen LogP contribution in [0.15, 0.2) is 28.7 Å². The number of benzene rings is 1. The zero-order chi connectivity index (χ0) is 14.7. The van der Waals surface area contributed by atoms with Gasteiger partial charge in [0.1, 0.15) is 5.82 Å². The summed E-state index contributed by atoms with van der Waals surface area (Å²) < 4.78 is 15.6. The summed E-state index contributed by atoms with van der Waals surface area (Å²) >= 11 is 3.54. The van der Waals surface area contributed by atoms with Gasteiger partial charge in [-0.2, -0.15) is 5.10 Å². The lowest BCUT2D eigenvalue weighted by Gasteiger charge is -2.11. The molecule has 1 aromatic carbocycles. The van der Waals surface area contributed by atoms with Crippen LogP contribution in [0.1, 0.15) is 23.9 Å². The van der Waals surface area contributed by atoms with Gasteiger partial charge in [-0.15, -0.1) is 0 Å². The standard InChI is InChI=1S/C15H18BrFN2O/c1-3-13-15(16)14(19(2)18-13)9-12(20)8-10-4-6-11(17)7-5-10/h4-7,12,20H,3,8-9H2,1-2H3. The van der Waals surface area contributed by atoms with Gasteiger partial charge in [0, 0.05) is 13.5 Å². The highest BCUT2D eigenvalue weighted by atomic mass is 79.9. The van der Waals surface area contributed by atoms with Gasteiger partial charge in [0.25, 0.3) is 0 Å². The van der Waals surface area contributed by atoms with Gasteiger partial charge >= 0.3 is 0 Å². The Morgan fingerprint density at radius 2 is 1.95 bits per heavy atom. The maximum absolute atomic E-state index is 12.8. The predicted molar refractivity (Wildman–Crippen MR) is 80.1 cm³/mol. The lowest BCUT2D eigenvalue weighted by molar-refractivity contribution is 0.172. The average Bonchev–Trinajstić information content (AvgIpc) is 2.69. The molecule has 0 spiro atoms. The molecule has 0 fully saturated rings. The molecule has 0 aliphatic carbocycles. The number of aliphatic hydroxyl groups excluding tert-OH is 1. The molecule has 0 aliphatic heterocycles. The van der Waals surface area contributed by atoms with Gasteiger partial charge in [0.15, 0.2) is 0 Å². The molecule has 1 atom stereocenters. The summed E-state index contributed by atoms with van der Waals surface area (Å²) in [5, 5.41) is 14.6. The molecule has 1 unspecified atom stereocenters. The second kappa shape index (κ2) is 6.50. The Morgan fingerprint density at radius 1 is 1.30 bits per heavy atom. The van der Waals surface area contributed by atoms with Crippen molar-refractivity contribution in [2.75, 3.05) is 0 Å². The van der Waals surface area contributed by atoms with Crippen LogP contribution in [0.4, 0.5) is 4.39 Å². The van der Waals surface area contributed by atoms with E-state index in [4.69, 9.17) is 0 Å². The number of nitrogens with zero attached hydrogens (tertiary/aromatic N) is 2. The Bertz CT molecular complexity index is 580. The number of aliphatic hydroxyl groups is 1. The van der Waals surface area contributed by atoms with Gasteiger partial charge in [0.05, 0.1) is 22.0 Å². The van der Waals surface area contributed by atoms with Crippen molar-refractivity contribution in [3.63, 3.8) is 0 Å². The number of rotatable bonds is 5. The van der Waals surface area contributed by atoms with Crippen LogP contribution in [0.2, 0.25) is 0 Å². The largest absolute Gasteiger partial charge is 0.392 e. The molecule has 0 saturated carbocycles. The van der Waals surface area contributed by atoms with Crippen molar-refractivity contribution in [2.45, 2.75) is 32.3 Å². The topological polar surface area (TPSA) is 38.0 Å². The van der Waals surface area contributed by atoms with E-state index in [0.29, 0.717) is 12.8 Å². The molecule has 5 heteroatoms. The van der Waals surface area contributed by atoms with E-state index in [1.165, 1.54) is 12.1 Å². The molecule has 0 aliphatic rings. The maximum Gasteiger partial charge on any atom is 0.123 e. The summed E-state index contributed by atoms with van der Waals surface area (Å²) in [5.41, 5.74) is 2.90. The monoisotopic (exact) mass is 340 g/mol. The van der Waals surface area contributed by atoms with Crippen LogP contribution in [0.3, 0.4) is 0 Å². The van der Waals surface area contributed by atoms with Gasteiger partial charge in [-0.25, -0.2) is 4.39 Å². The number of hydrogen-bond donors (Lipinski definition) is 1. The van der Waals surface area contributed by atoms with Crippen molar-refractivity contribution in [3.8, 4) is 0 Å². The minimum atomic E-state index is -0.517. The van der Waals surface area contributed by atoms with E-state index >= 15 is 0 Å². The van der Waals surface area contributed by atoms with Crippen LogP contribution in [-0.4, -0.2) is 21.0 Å². The lowest BCUT2D eigenvalue weighted by Crippen LogP contribution is -2.16. The Labute approximate surface area is 126 Å². The van der Waals surface area contributed by atoms with E-state index in [9.17, 15) is 9.50 Å². The third kappa shape index (κ3) is 3.46. The van der Waals surface area contributed by atoms with E-state index in [0.717, 1.165) is 27.8 Å². The van der Waals surface area contributed by atoms with Crippen molar-refractivity contribution in [1.29, 1.82) is 0 Å². The third-order valence-electron chi connectivity index (χ3n) is 3.32. The van der Waals surface area contributed by atoms with Gasteiger partial charge in [0.2, 0.25) is 0 Å². The molecule has 0 amide bonds. The van der Waals surface area contributed by atoms with Gasteiger partial charge in [-0.3, -0.25) is 4.68 Å². The molecule has 0 radical (unpaired) electrons. The zero-order valence-corrected chi connectivity index (χ0v) is 13.2. The summed E-state index contributed by atoms with van der Waals surface area (Å²) in [4.78, 5) is 0. The first-order valence-corrected chi connectivity index (χ1v) is 7.43. The molecule has 0 saturated heterocycles. The summed E-state index contributed by atoms with van der Waals surface area (Å²) in [7, 11) is 1.88. The first kappa shape index (κ1) is 15.2. The first-order valence-electron chi connectivity index (χ1n) is 6.64. The molecule has 2 rings (SSSR count). The van der Waals surface area contributed by atoms with Gasteiger partial charge in [-0.1, -0.05) is 19.1 Å². The first-order chi connectivity index (χ1) is 9.51. The van der Waals surface area contributed by atoms with Crippen LogP contribution >= 0.6 is 15.9 Å². The molecule has 20 heavy (non-hydrogen) atoms. The minimum absolute atomic E-state index is 0.259. The predicted octanol–water partition coefficient (Wildman–Crippen LogP) is 3.03. The highest BCUT2D eigenvalue weighted by Gasteiger charge is 2.16. The smallest absolute Gasteiger partial charge is 0.123 e. The highest BCUT2D eigenvalue weighted by Crippen LogP contribution is 2.23. The molecule has 2 aromatic rings. The van der Waals surface area contributed by atoms with Crippen molar-refractivity contribution in [2.24, 2.45) is 7.05 Å². The Balaban J connectivity index is 2.06. The van der Waals surface area contributed by atoms with Crippen LogP contribution in [0.5, 0.6) is 0 Å². The van der Waals surface area contributed by atoms with E-state index < -0.39 is 6.10 Å². The van der Waals surface area contributed by atoms with Crippen molar-refractivity contribution < 1.29 is 9.50 Å². The Kier molecular flexibility index (Phi) is 4.94. The molecule has 108 valence electrons. The van der Waals surface area contributed by atoms with Crippen LogP contribution in [0.25, 0.3) is 0 Å². The number of aromatic nitrogens is 2. The molecule has 1 N–H and O–H groups in total. The molecule has 0 bridgehead atoms. The van der Waals surface area contributed by atoms with Crippen LogP contribution in [0, 0.1) is 5.82 Å². The quantitative estimate of drug-likeness (QED) is 0.908. The third-order valence-corrected chi connectivity index (χ3v) is 4.23. The van der Waals surface area contributed by atoms with Gasteiger partial charge in [-0.05, 0) is 46.5 Å². The van der Waals surface area contributed by atoms with E-state index in [1.54, 1.807) is 16.8 Å². The van der Waals surface area contributed by atoms with E-state index in [-0.39, 0.29) is 5.82 Å². The number of halogens is 2. The average molecular weight is 341 g/mol. The zero-order valence-electron chi connectivity index (χ0n) is 11.6. The Hall–Kier alpha value is -1.20. The van der Waals surface area contributed by atoms with Crippen molar-refractivity contribution in [3.05, 3.63) is 51.5 Å². The highest BCUT2D eigenvalue weighted by molar-refractivity contribution is 9.10.